The van der Waals surface area contributed by atoms with Gasteiger partial charge in [0.1, 0.15) is 12.6 Å². The lowest BCUT2D eigenvalue weighted by atomic mass is 9.99. The Balaban J connectivity index is 2.24. The van der Waals surface area contributed by atoms with Crippen molar-refractivity contribution in [1.29, 1.82) is 0 Å². The molecule has 0 amide bonds. The van der Waals surface area contributed by atoms with Gasteiger partial charge in [0, 0.05) is 5.92 Å². The first kappa shape index (κ1) is 15.2. The second-order valence-electron chi connectivity index (χ2n) is 5.10. The molecule has 0 saturated carbocycles. The number of hydrogen-bond donors (Lipinski definition) is 2. The summed E-state index contributed by atoms with van der Waals surface area (Å²) in [6.45, 7) is 6.42. The molecule has 1 aromatic carbocycles. The predicted molar refractivity (Wildman–Crippen MR) is 76.4 cm³/mol. The zero-order valence-corrected chi connectivity index (χ0v) is 11.8. The van der Waals surface area contributed by atoms with Crippen LogP contribution in [0.5, 0.6) is 0 Å². The monoisotopic (exact) mass is 250 g/mol. The van der Waals surface area contributed by atoms with Gasteiger partial charge in [-0.1, -0.05) is 57.0 Å². The van der Waals surface area contributed by atoms with Gasteiger partial charge < -0.3 is 10.4 Å². The lowest BCUT2D eigenvalue weighted by molar-refractivity contribution is -0.667. The topological polar surface area (TPSA) is 36.8 Å². The molecule has 0 aliphatic carbocycles. The van der Waals surface area contributed by atoms with Crippen LogP contribution in [-0.4, -0.2) is 18.2 Å². The largest absolute Gasteiger partial charge is 0.382 e. The highest BCUT2D eigenvalue weighted by atomic mass is 16.3. The zero-order chi connectivity index (χ0) is 13.2. The normalized spacial score (nSPS) is 14.4. The zero-order valence-electron chi connectivity index (χ0n) is 11.8. The van der Waals surface area contributed by atoms with Crippen molar-refractivity contribution in [3.8, 4) is 0 Å². The Morgan fingerprint density at radius 3 is 2.44 bits per heavy atom. The van der Waals surface area contributed by atoms with E-state index in [4.69, 9.17) is 0 Å². The molecule has 0 aliphatic rings. The molecule has 2 heteroatoms. The van der Waals surface area contributed by atoms with Gasteiger partial charge in [0.15, 0.2) is 0 Å². The molecule has 2 atom stereocenters. The Hall–Kier alpha value is -0.860. The lowest BCUT2D eigenvalue weighted by Crippen LogP contribution is -2.86. The van der Waals surface area contributed by atoms with Crippen LogP contribution in [0.25, 0.3) is 0 Å². The van der Waals surface area contributed by atoms with Crippen LogP contribution in [0.15, 0.2) is 30.3 Å². The number of hydrogen-bond acceptors (Lipinski definition) is 1. The van der Waals surface area contributed by atoms with E-state index in [0.29, 0.717) is 0 Å². The minimum Gasteiger partial charge on any atom is -0.382 e. The smallest absolute Gasteiger partial charge is 0.128 e. The van der Waals surface area contributed by atoms with Crippen LogP contribution in [0.2, 0.25) is 0 Å². The molecule has 0 aromatic heterocycles. The van der Waals surface area contributed by atoms with Crippen molar-refractivity contribution in [3.63, 3.8) is 0 Å². The summed E-state index contributed by atoms with van der Waals surface area (Å²) in [5.74, 6) is 0.799. The fourth-order valence-corrected chi connectivity index (χ4v) is 2.28. The summed E-state index contributed by atoms with van der Waals surface area (Å²) < 4.78 is 0. The molecule has 102 valence electrons. The summed E-state index contributed by atoms with van der Waals surface area (Å²) in [5.41, 5.74) is 1.02. The molecule has 18 heavy (non-hydrogen) atoms. The van der Waals surface area contributed by atoms with Gasteiger partial charge in [-0.25, -0.2) is 0 Å². The van der Waals surface area contributed by atoms with Crippen molar-refractivity contribution in [3.05, 3.63) is 35.9 Å². The van der Waals surface area contributed by atoms with Crippen molar-refractivity contribution in [2.24, 2.45) is 5.92 Å². The number of unbranched alkanes of at least 4 members (excludes halogenated alkanes) is 1. The Morgan fingerprint density at radius 1 is 1.11 bits per heavy atom. The standard InChI is InChI=1S/C16H27NO/c1-3-5-9-14(4-2)12-17-13-16(18)15-10-7-6-8-11-15/h6-8,10-11,14,16-18H,3-5,9,12-13H2,1-2H3/p+1/t14-,16+/m1/s1. The van der Waals surface area contributed by atoms with Crippen molar-refractivity contribution < 1.29 is 10.4 Å². The number of rotatable bonds is 9. The Kier molecular flexibility index (Phi) is 7.70. The van der Waals surface area contributed by atoms with E-state index >= 15 is 0 Å². The molecule has 1 aromatic rings. The van der Waals surface area contributed by atoms with Crippen molar-refractivity contribution in [2.45, 2.75) is 45.6 Å². The SMILES string of the molecule is CCCC[C@@H](CC)C[NH2+]C[C@H](O)c1ccccc1. The van der Waals surface area contributed by atoms with Crippen molar-refractivity contribution >= 4 is 0 Å². The molecule has 0 aliphatic heterocycles. The third-order valence-corrected chi connectivity index (χ3v) is 3.62. The van der Waals surface area contributed by atoms with Gasteiger partial charge in [-0.2, -0.15) is 0 Å². The van der Waals surface area contributed by atoms with E-state index in [2.05, 4.69) is 19.2 Å². The summed E-state index contributed by atoms with van der Waals surface area (Å²) in [6, 6.07) is 9.93. The fraction of sp³-hybridized carbons (Fsp3) is 0.625. The van der Waals surface area contributed by atoms with Gasteiger partial charge >= 0.3 is 0 Å². The third-order valence-electron chi connectivity index (χ3n) is 3.62. The third kappa shape index (κ3) is 5.65. The quantitative estimate of drug-likeness (QED) is 0.694. The molecule has 0 saturated heterocycles. The summed E-state index contributed by atoms with van der Waals surface area (Å²) in [7, 11) is 0. The highest BCUT2D eigenvalue weighted by Gasteiger charge is 2.11. The first-order valence-electron chi connectivity index (χ1n) is 7.32. The second kappa shape index (κ2) is 9.12. The molecular formula is C16H28NO+. The minimum absolute atomic E-state index is 0.338. The Bertz CT molecular complexity index is 299. The molecule has 3 N–H and O–H groups in total. The number of aliphatic hydroxyl groups is 1. The molecule has 0 heterocycles. The van der Waals surface area contributed by atoms with Gasteiger partial charge in [-0.15, -0.1) is 0 Å². The summed E-state index contributed by atoms with van der Waals surface area (Å²) in [4.78, 5) is 0. The molecule has 1 rings (SSSR count). The number of quaternary nitrogens is 1. The van der Waals surface area contributed by atoms with E-state index in [9.17, 15) is 5.11 Å². The molecule has 0 bridgehead atoms. The Labute approximate surface area is 111 Å². The van der Waals surface area contributed by atoms with E-state index in [-0.39, 0.29) is 6.10 Å². The predicted octanol–water partition coefficient (Wildman–Crippen LogP) is 2.50. The first-order valence-corrected chi connectivity index (χ1v) is 7.32. The second-order valence-corrected chi connectivity index (χ2v) is 5.10. The van der Waals surface area contributed by atoms with Gasteiger partial charge in [-0.05, 0) is 18.4 Å². The van der Waals surface area contributed by atoms with Crippen LogP contribution in [0.3, 0.4) is 0 Å². The number of aliphatic hydroxyl groups excluding tert-OH is 1. The van der Waals surface area contributed by atoms with Crippen LogP contribution < -0.4 is 5.32 Å². The van der Waals surface area contributed by atoms with E-state index in [1.165, 1.54) is 25.7 Å². The van der Waals surface area contributed by atoms with Crippen LogP contribution in [0, 0.1) is 5.92 Å². The van der Waals surface area contributed by atoms with E-state index in [1.54, 1.807) is 0 Å². The van der Waals surface area contributed by atoms with Crippen LogP contribution >= 0.6 is 0 Å². The Morgan fingerprint density at radius 2 is 1.83 bits per heavy atom. The average Bonchev–Trinajstić information content (AvgIpc) is 2.43. The maximum absolute atomic E-state index is 10.1. The van der Waals surface area contributed by atoms with Crippen molar-refractivity contribution in [1.82, 2.24) is 0 Å². The number of nitrogens with two attached hydrogens (primary N) is 1. The highest BCUT2D eigenvalue weighted by Crippen LogP contribution is 2.11. The maximum atomic E-state index is 10.1. The summed E-state index contributed by atoms with van der Waals surface area (Å²) >= 11 is 0. The minimum atomic E-state index is -0.338. The van der Waals surface area contributed by atoms with Gasteiger partial charge in [0.2, 0.25) is 0 Å². The van der Waals surface area contributed by atoms with Crippen LogP contribution in [0.4, 0.5) is 0 Å². The number of benzene rings is 1. The van der Waals surface area contributed by atoms with Gasteiger partial charge in [0.05, 0.1) is 6.54 Å². The van der Waals surface area contributed by atoms with E-state index in [1.807, 2.05) is 30.3 Å². The van der Waals surface area contributed by atoms with Gasteiger partial charge in [0.25, 0.3) is 0 Å². The van der Waals surface area contributed by atoms with Gasteiger partial charge in [-0.3, -0.25) is 0 Å². The van der Waals surface area contributed by atoms with E-state index < -0.39 is 0 Å². The molecule has 0 spiro atoms. The van der Waals surface area contributed by atoms with Crippen LogP contribution in [0.1, 0.15) is 51.2 Å². The summed E-state index contributed by atoms with van der Waals surface area (Å²) in [5, 5.41) is 12.3. The fourth-order valence-electron chi connectivity index (χ4n) is 2.28. The van der Waals surface area contributed by atoms with Crippen LogP contribution in [-0.2, 0) is 0 Å². The average molecular weight is 250 g/mol. The van der Waals surface area contributed by atoms with E-state index in [0.717, 1.165) is 24.6 Å². The molecule has 2 nitrogen and oxygen atoms in total. The maximum Gasteiger partial charge on any atom is 0.128 e. The molecule has 0 fully saturated rings. The molecule has 0 unspecified atom stereocenters. The summed E-state index contributed by atoms with van der Waals surface area (Å²) in [6.07, 6.45) is 4.84. The van der Waals surface area contributed by atoms with Crippen molar-refractivity contribution in [2.75, 3.05) is 13.1 Å². The molecular weight excluding hydrogens is 222 g/mol. The molecule has 0 radical (unpaired) electrons. The lowest BCUT2D eigenvalue weighted by Gasteiger charge is -2.15. The highest BCUT2D eigenvalue weighted by molar-refractivity contribution is 5.16. The first-order chi connectivity index (χ1) is 8.77.